The van der Waals surface area contributed by atoms with Crippen LogP contribution in [0.2, 0.25) is 0 Å². The van der Waals surface area contributed by atoms with Gasteiger partial charge in [0.05, 0.1) is 12.5 Å². The number of rotatable bonds is 5. The van der Waals surface area contributed by atoms with Gasteiger partial charge in [0.1, 0.15) is 17.3 Å². The van der Waals surface area contributed by atoms with Crippen molar-refractivity contribution in [1.29, 1.82) is 0 Å². The first kappa shape index (κ1) is 20.5. The second-order valence-electron chi connectivity index (χ2n) is 5.34. The van der Waals surface area contributed by atoms with E-state index in [4.69, 9.17) is 0 Å². The van der Waals surface area contributed by atoms with Crippen molar-refractivity contribution in [3.63, 3.8) is 0 Å². The highest BCUT2D eigenvalue weighted by molar-refractivity contribution is 9.10. The lowest BCUT2D eigenvalue weighted by atomic mass is 10.0. The average molecular weight is 468 g/mol. The fourth-order valence-corrected chi connectivity index (χ4v) is 5.68. The van der Waals surface area contributed by atoms with Crippen molar-refractivity contribution in [1.82, 2.24) is 0 Å². The summed E-state index contributed by atoms with van der Waals surface area (Å²) in [6, 6.07) is 6.12. The van der Waals surface area contributed by atoms with Crippen molar-refractivity contribution in [2.45, 2.75) is 0 Å². The monoisotopic (exact) mass is 467 g/mol. The maximum Gasteiger partial charge on any atom is 0.245 e. The Balaban J connectivity index is 2.61. The van der Waals surface area contributed by atoms with E-state index in [1.165, 1.54) is 12.1 Å². The molecule has 2 aromatic rings. The minimum atomic E-state index is -4.35. The van der Waals surface area contributed by atoms with E-state index in [0.717, 1.165) is 18.2 Å². The molecule has 2 rings (SSSR count). The second-order valence-corrected chi connectivity index (χ2v) is 10.1. The van der Waals surface area contributed by atoms with Crippen LogP contribution in [-0.4, -0.2) is 35.1 Å². The van der Waals surface area contributed by atoms with Gasteiger partial charge in [0, 0.05) is 15.6 Å². The summed E-state index contributed by atoms with van der Waals surface area (Å²) >= 11 is 3.02. The van der Waals surface area contributed by atoms with Gasteiger partial charge >= 0.3 is 0 Å². The van der Waals surface area contributed by atoms with E-state index in [2.05, 4.69) is 15.9 Å². The summed E-state index contributed by atoms with van der Waals surface area (Å²) in [6.45, 7) is 0. The first-order valence-electron chi connectivity index (χ1n) is 6.82. The number of carbonyl (C=O) groups is 1. The van der Waals surface area contributed by atoms with Crippen LogP contribution in [0.25, 0.3) is 0 Å². The van der Waals surface area contributed by atoms with Gasteiger partial charge in [-0.3, -0.25) is 4.79 Å². The zero-order chi connectivity index (χ0) is 19.9. The Morgan fingerprint density at radius 1 is 0.962 bits per heavy atom. The van der Waals surface area contributed by atoms with Gasteiger partial charge in [0.25, 0.3) is 0 Å². The summed E-state index contributed by atoms with van der Waals surface area (Å²) in [5.74, 6) is -2.44. The van der Waals surface area contributed by atoms with Crippen LogP contribution in [0.5, 0.6) is 0 Å². The topological polar surface area (TPSA) is 88.6 Å². The Labute approximate surface area is 157 Å². The van der Waals surface area contributed by atoms with E-state index < -0.39 is 43.2 Å². The van der Waals surface area contributed by atoms with Crippen LogP contribution in [0, 0.1) is 11.6 Å². The molecule has 0 unspecified atom stereocenters. The van der Waals surface area contributed by atoms with E-state index in [1.807, 2.05) is 0 Å². The Morgan fingerprint density at radius 2 is 1.46 bits per heavy atom. The van der Waals surface area contributed by atoms with Gasteiger partial charge in [-0.15, -0.1) is 0 Å². The number of benzene rings is 2. The van der Waals surface area contributed by atoms with E-state index in [-0.39, 0.29) is 19.3 Å². The van der Waals surface area contributed by atoms with E-state index >= 15 is 0 Å². The third-order valence-corrected chi connectivity index (χ3v) is 7.07. The first-order chi connectivity index (χ1) is 11.8. The highest BCUT2D eigenvalue weighted by Crippen LogP contribution is 2.31. The van der Waals surface area contributed by atoms with Crippen molar-refractivity contribution in [2.24, 2.45) is 0 Å². The molecule has 0 N–H and O–H groups in total. The minimum Gasteiger partial charge on any atom is -0.289 e. The summed E-state index contributed by atoms with van der Waals surface area (Å²) in [6.07, 6.45) is 1.22. The molecule has 0 fully saturated rings. The maximum absolute atomic E-state index is 14.5. The zero-order valence-electron chi connectivity index (χ0n) is 13.4. The fourth-order valence-electron chi connectivity index (χ4n) is 2.21. The number of hydrogen-bond acceptors (Lipinski definition) is 5. The molecule has 0 aliphatic carbocycles. The van der Waals surface area contributed by atoms with Gasteiger partial charge < -0.3 is 0 Å². The molecular formula is C15H12BrF2NO5S2. The van der Waals surface area contributed by atoms with Gasteiger partial charge in [-0.1, -0.05) is 0 Å². The Hall–Kier alpha value is -1.85. The molecule has 0 radical (unpaired) electrons. The third-order valence-electron chi connectivity index (χ3n) is 3.19. The Kier molecular flexibility index (Phi) is 5.54. The van der Waals surface area contributed by atoms with Crippen molar-refractivity contribution in [3.05, 3.63) is 63.6 Å². The summed E-state index contributed by atoms with van der Waals surface area (Å²) in [5.41, 5.74) is -0.861. The Morgan fingerprint density at radius 3 is 1.92 bits per heavy atom. The normalized spacial score (nSPS) is 12.0. The largest absolute Gasteiger partial charge is 0.289 e. The number of anilines is 1. The van der Waals surface area contributed by atoms with Crippen molar-refractivity contribution in [3.8, 4) is 0 Å². The molecule has 0 atom stereocenters. The molecule has 0 bridgehead atoms. The smallest absolute Gasteiger partial charge is 0.245 e. The lowest BCUT2D eigenvalue weighted by molar-refractivity contribution is 0.103. The van der Waals surface area contributed by atoms with Gasteiger partial charge in [0.15, 0.2) is 5.78 Å². The van der Waals surface area contributed by atoms with Crippen LogP contribution >= 0.6 is 15.9 Å². The highest BCUT2D eigenvalue weighted by Gasteiger charge is 2.31. The number of halogens is 3. The van der Waals surface area contributed by atoms with Crippen LogP contribution in [0.4, 0.5) is 14.5 Å². The van der Waals surface area contributed by atoms with Gasteiger partial charge in [-0.25, -0.2) is 25.6 Å². The van der Waals surface area contributed by atoms with Crippen molar-refractivity contribution in [2.75, 3.05) is 16.2 Å². The average Bonchev–Trinajstić information content (AvgIpc) is 2.48. The molecule has 0 aliphatic heterocycles. The van der Waals surface area contributed by atoms with Crippen molar-refractivity contribution >= 4 is 47.4 Å². The van der Waals surface area contributed by atoms with Crippen LogP contribution in [-0.2, 0) is 20.0 Å². The SMILES string of the molecule is CS(=O)(=O)N(c1cc(Br)c(C(=O)c2ccc(F)cc2)cc1F)S(C)(=O)=O. The van der Waals surface area contributed by atoms with Gasteiger partial charge in [0.2, 0.25) is 20.0 Å². The summed E-state index contributed by atoms with van der Waals surface area (Å²) in [4.78, 5) is 12.4. The second kappa shape index (κ2) is 7.05. The molecule has 0 heterocycles. The van der Waals surface area contributed by atoms with Gasteiger partial charge in [-0.05, 0) is 52.3 Å². The number of sulfonamides is 2. The molecule has 26 heavy (non-hydrogen) atoms. The van der Waals surface area contributed by atoms with Gasteiger partial charge in [-0.2, -0.15) is 3.71 Å². The first-order valence-corrected chi connectivity index (χ1v) is 11.3. The number of hydrogen-bond donors (Lipinski definition) is 0. The van der Waals surface area contributed by atoms with Crippen molar-refractivity contribution < 1.29 is 30.4 Å². The number of ketones is 1. The lowest BCUT2D eigenvalue weighted by Gasteiger charge is -2.21. The lowest BCUT2D eigenvalue weighted by Crippen LogP contribution is -2.36. The van der Waals surface area contributed by atoms with E-state index in [0.29, 0.717) is 18.6 Å². The molecule has 6 nitrogen and oxygen atoms in total. The Bertz CT molecular complexity index is 1050. The summed E-state index contributed by atoms with van der Waals surface area (Å²) < 4.78 is 74.5. The molecule has 0 spiro atoms. The molecule has 0 aromatic heterocycles. The minimum absolute atomic E-state index is 0.0273. The maximum atomic E-state index is 14.5. The molecule has 2 aromatic carbocycles. The predicted octanol–water partition coefficient (Wildman–Crippen LogP) is 2.68. The van der Waals surface area contributed by atoms with E-state index in [1.54, 1.807) is 0 Å². The molecule has 140 valence electrons. The fraction of sp³-hybridized carbons (Fsp3) is 0.133. The van der Waals surface area contributed by atoms with Crippen LogP contribution in [0.3, 0.4) is 0 Å². The standard InChI is InChI=1S/C15H12BrF2NO5S2/c1-25(21,22)19(26(2,23)24)14-8-12(16)11(7-13(14)18)15(20)9-3-5-10(17)6-4-9/h3-8H,1-2H3. The molecule has 0 aliphatic rings. The molecule has 11 heteroatoms. The number of carbonyl (C=O) groups excluding carboxylic acids is 1. The third kappa shape index (κ3) is 4.27. The molecule has 0 saturated carbocycles. The van der Waals surface area contributed by atoms with Crippen LogP contribution in [0.1, 0.15) is 15.9 Å². The van der Waals surface area contributed by atoms with Crippen LogP contribution < -0.4 is 3.71 Å². The quantitative estimate of drug-likeness (QED) is 0.630. The summed E-state index contributed by atoms with van der Waals surface area (Å²) in [7, 11) is -8.69. The number of nitrogens with zero attached hydrogens (tertiary/aromatic N) is 1. The predicted molar refractivity (Wildman–Crippen MR) is 96.1 cm³/mol. The molecule has 0 saturated heterocycles. The van der Waals surface area contributed by atoms with E-state index in [9.17, 15) is 30.4 Å². The summed E-state index contributed by atoms with van der Waals surface area (Å²) in [5, 5.41) is 0. The zero-order valence-corrected chi connectivity index (χ0v) is 16.6. The van der Waals surface area contributed by atoms with Crippen LogP contribution in [0.15, 0.2) is 40.9 Å². The molecular weight excluding hydrogens is 456 g/mol. The molecule has 0 amide bonds. The highest BCUT2D eigenvalue weighted by atomic mass is 79.9.